The monoisotopic (exact) mass is 365 g/mol. The number of primary amides is 1. The first kappa shape index (κ1) is 17.3. The summed E-state index contributed by atoms with van der Waals surface area (Å²) in [7, 11) is 0. The number of amides is 1. The van der Waals surface area contributed by atoms with Crippen LogP contribution in [0.25, 0.3) is 10.9 Å². The van der Waals surface area contributed by atoms with E-state index < -0.39 is 5.91 Å². The molecule has 2 heterocycles. The number of hydrogen-bond acceptors (Lipinski definition) is 6. The van der Waals surface area contributed by atoms with Crippen molar-refractivity contribution in [3.05, 3.63) is 42.2 Å². The Labute approximate surface area is 156 Å². The molecule has 0 aliphatic heterocycles. The number of hydrogen-bond donors (Lipinski definition) is 5. The molecule has 1 fully saturated rings. The fraction of sp³-hybridized carbons (Fsp3) is 0.316. The molecule has 2 aromatic heterocycles. The van der Waals surface area contributed by atoms with Gasteiger partial charge in [-0.2, -0.15) is 4.98 Å². The number of nitrogens with two attached hydrogens (primary N) is 2. The van der Waals surface area contributed by atoms with E-state index in [-0.39, 0.29) is 17.6 Å². The van der Waals surface area contributed by atoms with Gasteiger partial charge in [0, 0.05) is 41.1 Å². The number of fused-ring (bicyclic) bond motifs is 1. The van der Waals surface area contributed by atoms with Crippen LogP contribution >= 0.6 is 0 Å². The van der Waals surface area contributed by atoms with Crippen molar-refractivity contribution in [2.24, 2.45) is 11.5 Å². The molecule has 1 aliphatic carbocycles. The van der Waals surface area contributed by atoms with E-state index in [0.717, 1.165) is 42.3 Å². The normalized spacial score (nSPS) is 19.7. The lowest BCUT2D eigenvalue weighted by molar-refractivity contribution is 0.100. The molecule has 1 amide bonds. The van der Waals surface area contributed by atoms with Gasteiger partial charge in [-0.05, 0) is 31.0 Å². The lowest BCUT2D eigenvalue weighted by atomic mass is 9.91. The van der Waals surface area contributed by atoms with Gasteiger partial charge in [-0.3, -0.25) is 4.79 Å². The lowest BCUT2D eigenvalue weighted by Gasteiger charge is -2.29. The van der Waals surface area contributed by atoms with Crippen LogP contribution in [0, 0.1) is 0 Å². The van der Waals surface area contributed by atoms with Crippen molar-refractivity contribution >= 4 is 34.3 Å². The molecule has 8 nitrogen and oxygen atoms in total. The SMILES string of the molecule is NC(=O)c1cnc(N[C@@H]2CCCC[C@@H]2N)nc1Nc1cccc2[nH]ccc12. The summed E-state index contributed by atoms with van der Waals surface area (Å²) in [5.74, 6) is 0.226. The average molecular weight is 365 g/mol. The lowest BCUT2D eigenvalue weighted by Crippen LogP contribution is -2.43. The summed E-state index contributed by atoms with van der Waals surface area (Å²) in [5.41, 5.74) is 13.8. The number of anilines is 3. The first-order chi connectivity index (χ1) is 13.1. The predicted octanol–water partition coefficient (Wildman–Crippen LogP) is 2.48. The van der Waals surface area contributed by atoms with E-state index in [1.807, 2.05) is 30.5 Å². The van der Waals surface area contributed by atoms with Crippen molar-refractivity contribution in [1.29, 1.82) is 0 Å². The predicted molar refractivity (Wildman–Crippen MR) is 106 cm³/mol. The van der Waals surface area contributed by atoms with Gasteiger partial charge in [0.2, 0.25) is 5.95 Å². The van der Waals surface area contributed by atoms with Crippen molar-refractivity contribution in [3.8, 4) is 0 Å². The van der Waals surface area contributed by atoms with Crippen molar-refractivity contribution < 1.29 is 4.79 Å². The molecule has 1 aromatic carbocycles. The standard InChI is InChI=1S/C19H23N7O/c20-13-4-1-2-5-16(13)25-19-23-10-12(17(21)27)18(26-19)24-15-7-3-6-14-11(15)8-9-22-14/h3,6-10,13,16,22H,1-2,4-5,20H2,(H2,21,27)(H2,23,24,25,26)/t13-,16+/m0/s1. The van der Waals surface area contributed by atoms with Crippen LogP contribution < -0.4 is 22.1 Å². The zero-order valence-electron chi connectivity index (χ0n) is 14.9. The number of nitrogens with one attached hydrogen (secondary N) is 3. The Morgan fingerprint density at radius 2 is 2.07 bits per heavy atom. The van der Waals surface area contributed by atoms with E-state index in [1.54, 1.807) is 0 Å². The number of rotatable bonds is 5. The van der Waals surface area contributed by atoms with Gasteiger partial charge in [-0.1, -0.05) is 18.9 Å². The second kappa shape index (κ2) is 7.24. The maximum atomic E-state index is 11.8. The van der Waals surface area contributed by atoms with Gasteiger partial charge in [0.25, 0.3) is 5.91 Å². The first-order valence-electron chi connectivity index (χ1n) is 9.14. The second-order valence-corrected chi connectivity index (χ2v) is 6.89. The van der Waals surface area contributed by atoms with Crippen LogP contribution in [0.3, 0.4) is 0 Å². The molecule has 0 bridgehead atoms. The summed E-state index contributed by atoms with van der Waals surface area (Å²) in [4.78, 5) is 23.8. The highest BCUT2D eigenvalue weighted by Crippen LogP contribution is 2.27. The molecule has 3 aromatic rings. The Hall–Kier alpha value is -3.13. The largest absolute Gasteiger partial charge is 0.365 e. The van der Waals surface area contributed by atoms with Crippen LogP contribution in [0.4, 0.5) is 17.5 Å². The summed E-state index contributed by atoms with van der Waals surface area (Å²) in [5, 5.41) is 7.53. The van der Waals surface area contributed by atoms with Crippen LogP contribution in [0.15, 0.2) is 36.7 Å². The van der Waals surface area contributed by atoms with Crippen LogP contribution in [-0.4, -0.2) is 32.9 Å². The molecule has 1 aliphatic rings. The smallest absolute Gasteiger partial charge is 0.254 e. The Bertz CT molecular complexity index is 968. The van der Waals surface area contributed by atoms with Gasteiger partial charge >= 0.3 is 0 Å². The van der Waals surface area contributed by atoms with Gasteiger partial charge in [-0.25, -0.2) is 4.98 Å². The quantitative estimate of drug-likeness (QED) is 0.471. The van der Waals surface area contributed by atoms with E-state index in [2.05, 4.69) is 25.6 Å². The summed E-state index contributed by atoms with van der Waals surface area (Å²) < 4.78 is 0. The van der Waals surface area contributed by atoms with E-state index in [9.17, 15) is 4.79 Å². The highest BCUT2D eigenvalue weighted by Gasteiger charge is 2.23. The molecular formula is C19H23N7O. The number of aromatic nitrogens is 3. The van der Waals surface area contributed by atoms with Gasteiger partial charge in [-0.15, -0.1) is 0 Å². The van der Waals surface area contributed by atoms with E-state index in [0.29, 0.717) is 11.8 Å². The molecule has 8 heteroatoms. The molecule has 0 saturated heterocycles. The van der Waals surface area contributed by atoms with Crippen LogP contribution in [-0.2, 0) is 0 Å². The summed E-state index contributed by atoms with van der Waals surface area (Å²) in [6.07, 6.45) is 7.55. The van der Waals surface area contributed by atoms with Crippen molar-refractivity contribution in [3.63, 3.8) is 0 Å². The van der Waals surface area contributed by atoms with Crippen LogP contribution in [0.1, 0.15) is 36.0 Å². The van der Waals surface area contributed by atoms with Gasteiger partial charge < -0.3 is 27.1 Å². The molecule has 4 rings (SSSR count). The molecule has 1 saturated carbocycles. The van der Waals surface area contributed by atoms with Crippen molar-refractivity contribution in [2.45, 2.75) is 37.8 Å². The average Bonchev–Trinajstić information content (AvgIpc) is 3.13. The Morgan fingerprint density at radius 3 is 2.89 bits per heavy atom. The molecule has 0 spiro atoms. The highest BCUT2D eigenvalue weighted by atomic mass is 16.1. The maximum absolute atomic E-state index is 11.8. The molecule has 0 radical (unpaired) electrons. The fourth-order valence-electron chi connectivity index (χ4n) is 3.55. The van der Waals surface area contributed by atoms with Crippen molar-refractivity contribution in [2.75, 3.05) is 10.6 Å². The number of nitrogens with zero attached hydrogens (tertiary/aromatic N) is 2. The molecule has 140 valence electrons. The van der Waals surface area contributed by atoms with Gasteiger partial charge in [0.15, 0.2) is 0 Å². The fourth-order valence-corrected chi connectivity index (χ4v) is 3.55. The Balaban J connectivity index is 1.65. The number of benzene rings is 1. The molecule has 7 N–H and O–H groups in total. The van der Waals surface area contributed by atoms with E-state index in [4.69, 9.17) is 11.5 Å². The minimum Gasteiger partial charge on any atom is -0.365 e. The highest BCUT2D eigenvalue weighted by molar-refractivity contribution is 6.00. The zero-order valence-corrected chi connectivity index (χ0v) is 14.9. The molecular weight excluding hydrogens is 342 g/mol. The maximum Gasteiger partial charge on any atom is 0.254 e. The van der Waals surface area contributed by atoms with Crippen molar-refractivity contribution in [1.82, 2.24) is 15.0 Å². The zero-order chi connectivity index (χ0) is 18.8. The summed E-state index contributed by atoms with van der Waals surface area (Å²) in [6, 6.07) is 7.98. The number of carbonyl (C=O) groups is 1. The number of H-pyrrole nitrogens is 1. The number of carbonyl (C=O) groups excluding carboxylic acids is 1. The third-order valence-corrected chi connectivity index (χ3v) is 5.04. The third kappa shape index (κ3) is 3.56. The summed E-state index contributed by atoms with van der Waals surface area (Å²) in [6.45, 7) is 0. The van der Waals surface area contributed by atoms with Crippen LogP contribution in [0.5, 0.6) is 0 Å². The van der Waals surface area contributed by atoms with Gasteiger partial charge in [0.1, 0.15) is 11.4 Å². The second-order valence-electron chi connectivity index (χ2n) is 6.89. The number of aromatic amines is 1. The van der Waals surface area contributed by atoms with E-state index in [1.165, 1.54) is 6.20 Å². The van der Waals surface area contributed by atoms with Crippen LogP contribution in [0.2, 0.25) is 0 Å². The minimum atomic E-state index is -0.584. The topological polar surface area (TPSA) is 135 Å². The van der Waals surface area contributed by atoms with E-state index >= 15 is 0 Å². The molecule has 0 unspecified atom stereocenters. The molecule has 2 atom stereocenters. The summed E-state index contributed by atoms with van der Waals surface area (Å²) >= 11 is 0. The van der Waals surface area contributed by atoms with Gasteiger partial charge in [0.05, 0.1) is 0 Å². The third-order valence-electron chi connectivity index (χ3n) is 5.04. The Morgan fingerprint density at radius 1 is 1.22 bits per heavy atom. The molecule has 27 heavy (non-hydrogen) atoms. The Kier molecular flexibility index (Phi) is 4.64. The first-order valence-corrected chi connectivity index (χ1v) is 9.14. The minimum absolute atomic E-state index is 0.0724.